The lowest BCUT2D eigenvalue weighted by atomic mass is 10.1. The van der Waals surface area contributed by atoms with Crippen LogP contribution in [0.4, 0.5) is 0 Å². The zero-order valence-corrected chi connectivity index (χ0v) is 19.0. The van der Waals surface area contributed by atoms with Gasteiger partial charge in [-0.1, -0.05) is 78.9 Å². The third-order valence-electron chi connectivity index (χ3n) is 4.59. The van der Waals surface area contributed by atoms with Gasteiger partial charge in [0.1, 0.15) is 0 Å². The molecule has 0 unspecified atom stereocenters. The maximum absolute atomic E-state index is 11.8. The summed E-state index contributed by atoms with van der Waals surface area (Å²) in [5, 5.41) is 7.00. The number of benzene rings is 2. The van der Waals surface area contributed by atoms with Crippen LogP contribution in [0, 0.1) is 0 Å². The first-order chi connectivity index (χ1) is 15.1. The van der Waals surface area contributed by atoms with E-state index in [9.17, 15) is 9.59 Å². The second-order valence-corrected chi connectivity index (χ2v) is 7.87. The molecule has 0 saturated heterocycles. The van der Waals surface area contributed by atoms with Crippen LogP contribution in [-0.2, 0) is 9.59 Å². The number of carbonyl (C=O) groups excluding carboxylic acids is 2. The van der Waals surface area contributed by atoms with Gasteiger partial charge in [-0.05, 0) is 48.3 Å². The average molecular weight is 459 g/mol. The number of amides is 2. The summed E-state index contributed by atoms with van der Waals surface area (Å²) in [6.07, 6.45) is 11.4. The summed E-state index contributed by atoms with van der Waals surface area (Å²) in [5.41, 5.74) is 1.65. The van der Waals surface area contributed by atoms with Crippen LogP contribution in [0.5, 0.6) is 0 Å². The molecule has 0 fully saturated rings. The van der Waals surface area contributed by atoms with E-state index in [1.165, 1.54) is 12.2 Å². The topological polar surface area (TPSA) is 58.2 Å². The fraction of sp³-hybridized carbons (Fsp3) is 0.280. The van der Waals surface area contributed by atoms with Gasteiger partial charge in [0.05, 0.1) is 0 Å². The molecule has 6 heteroatoms. The van der Waals surface area contributed by atoms with E-state index in [1.54, 1.807) is 24.3 Å². The van der Waals surface area contributed by atoms with Gasteiger partial charge in [-0.3, -0.25) is 9.59 Å². The molecule has 0 aliphatic carbocycles. The van der Waals surface area contributed by atoms with Gasteiger partial charge in [-0.2, -0.15) is 0 Å². The molecule has 0 saturated carbocycles. The van der Waals surface area contributed by atoms with Gasteiger partial charge < -0.3 is 10.6 Å². The Bertz CT molecular complexity index is 836. The summed E-state index contributed by atoms with van der Waals surface area (Å²) >= 11 is 12.1. The summed E-state index contributed by atoms with van der Waals surface area (Å²) in [6, 6.07) is 14.8. The molecule has 2 aromatic carbocycles. The van der Waals surface area contributed by atoms with E-state index >= 15 is 0 Å². The number of rotatable bonds is 12. The van der Waals surface area contributed by atoms with E-state index in [0.717, 1.165) is 43.2 Å². The maximum Gasteiger partial charge on any atom is 0.243 e. The monoisotopic (exact) mass is 458 g/mol. The first-order valence-electron chi connectivity index (χ1n) is 10.5. The second-order valence-electron chi connectivity index (χ2n) is 7.06. The van der Waals surface area contributed by atoms with Crippen molar-refractivity contribution in [1.29, 1.82) is 0 Å². The molecule has 2 N–H and O–H groups in total. The molecule has 164 valence electrons. The van der Waals surface area contributed by atoms with Crippen LogP contribution in [-0.4, -0.2) is 24.9 Å². The summed E-state index contributed by atoms with van der Waals surface area (Å²) in [5.74, 6) is -0.236. The normalized spacial score (nSPS) is 11.2. The molecule has 2 rings (SSSR count). The first-order valence-corrected chi connectivity index (χ1v) is 11.2. The van der Waals surface area contributed by atoms with Crippen LogP contribution in [0.1, 0.15) is 43.2 Å². The van der Waals surface area contributed by atoms with Crippen LogP contribution >= 0.6 is 23.2 Å². The highest BCUT2D eigenvalue weighted by atomic mass is 35.5. The fourth-order valence-electron chi connectivity index (χ4n) is 2.87. The van der Waals surface area contributed by atoms with E-state index in [-0.39, 0.29) is 11.8 Å². The minimum Gasteiger partial charge on any atom is -0.353 e. The fourth-order valence-corrected chi connectivity index (χ4v) is 3.27. The molecule has 0 aromatic heterocycles. The Labute approximate surface area is 194 Å². The highest BCUT2D eigenvalue weighted by Crippen LogP contribution is 2.16. The predicted molar refractivity (Wildman–Crippen MR) is 130 cm³/mol. The lowest BCUT2D eigenvalue weighted by Gasteiger charge is -2.04. The smallest absolute Gasteiger partial charge is 0.243 e. The van der Waals surface area contributed by atoms with Crippen molar-refractivity contribution in [2.75, 3.05) is 13.1 Å². The van der Waals surface area contributed by atoms with Crippen LogP contribution in [0.3, 0.4) is 0 Å². The maximum atomic E-state index is 11.8. The largest absolute Gasteiger partial charge is 0.353 e. The number of hydrogen-bond donors (Lipinski definition) is 2. The van der Waals surface area contributed by atoms with E-state index < -0.39 is 0 Å². The lowest BCUT2D eigenvalue weighted by molar-refractivity contribution is -0.117. The Balaban J connectivity index is 1.47. The molecule has 0 heterocycles. The molecule has 2 amide bonds. The number of unbranched alkanes of at least 4 members (excludes halogenated alkanes) is 4. The van der Waals surface area contributed by atoms with Crippen molar-refractivity contribution in [3.63, 3.8) is 0 Å². The zero-order chi connectivity index (χ0) is 22.3. The molecule has 0 aliphatic rings. The number of carbonyl (C=O) groups is 2. The Morgan fingerprint density at radius 3 is 1.45 bits per heavy atom. The molecule has 0 bridgehead atoms. The quantitative estimate of drug-likeness (QED) is 0.307. The average Bonchev–Trinajstić information content (AvgIpc) is 2.77. The Morgan fingerprint density at radius 2 is 1.03 bits per heavy atom. The highest BCUT2D eigenvalue weighted by molar-refractivity contribution is 6.32. The summed E-state index contributed by atoms with van der Waals surface area (Å²) in [7, 11) is 0. The van der Waals surface area contributed by atoms with Crippen LogP contribution < -0.4 is 10.6 Å². The van der Waals surface area contributed by atoms with Gasteiger partial charge >= 0.3 is 0 Å². The van der Waals surface area contributed by atoms with Crippen molar-refractivity contribution in [3.05, 3.63) is 81.9 Å². The van der Waals surface area contributed by atoms with Crippen molar-refractivity contribution in [2.45, 2.75) is 32.1 Å². The SMILES string of the molecule is O=C(/C=C/c1ccccc1Cl)NCCCCCCCNC(=O)/C=C/c1ccccc1Cl. The van der Waals surface area contributed by atoms with Crippen molar-refractivity contribution in [1.82, 2.24) is 10.6 Å². The van der Waals surface area contributed by atoms with E-state index in [2.05, 4.69) is 10.6 Å². The lowest BCUT2D eigenvalue weighted by Crippen LogP contribution is -2.22. The first kappa shape index (κ1) is 24.7. The minimum atomic E-state index is -0.118. The molecule has 4 nitrogen and oxygen atoms in total. The minimum absolute atomic E-state index is 0.118. The molecule has 2 aromatic rings. The van der Waals surface area contributed by atoms with Crippen LogP contribution in [0.2, 0.25) is 10.0 Å². The molecule has 31 heavy (non-hydrogen) atoms. The standard InChI is InChI=1S/C25H28Cl2N2O2/c26-22-12-6-4-10-20(22)14-16-24(30)28-18-8-2-1-3-9-19-29-25(31)17-15-21-11-5-7-13-23(21)27/h4-7,10-17H,1-3,8-9,18-19H2,(H,28,30)(H,29,31)/b16-14+,17-15+. The Hall–Kier alpha value is -2.56. The second kappa shape index (κ2) is 14.4. The highest BCUT2D eigenvalue weighted by Gasteiger charge is 1.99. The van der Waals surface area contributed by atoms with Crippen molar-refractivity contribution >= 4 is 47.2 Å². The number of halogens is 2. The zero-order valence-electron chi connectivity index (χ0n) is 17.5. The Kier molecular flexibility index (Phi) is 11.5. The third kappa shape index (κ3) is 10.3. The number of hydrogen-bond acceptors (Lipinski definition) is 2. The van der Waals surface area contributed by atoms with Crippen molar-refractivity contribution in [3.8, 4) is 0 Å². The van der Waals surface area contributed by atoms with Gasteiger partial charge in [0.2, 0.25) is 11.8 Å². The predicted octanol–water partition coefficient (Wildman–Crippen LogP) is 5.90. The van der Waals surface area contributed by atoms with Crippen molar-refractivity contribution in [2.24, 2.45) is 0 Å². The molecule has 0 atom stereocenters. The van der Waals surface area contributed by atoms with E-state index in [1.807, 2.05) is 36.4 Å². The van der Waals surface area contributed by atoms with E-state index in [0.29, 0.717) is 23.1 Å². The third-order valence-corrected chi connectivity index (χ3v) is 5.28. The molecule has 0 spiro atoms. The van der Waals surface area contributed by atoms with Gasteiger partial charge in [-0.15, -0.1) is 0 Å². The Morgan fingerprint density at radius 1 is 0.645 bits per heavy atom. The number of nitrogens with one attached hydrogen (secondary N) is 2. The van der Waals surface area contributed by atoms with Gasteiger partial charge in [0.25, 0.3) is 0 Å². The molecular weight excluding hydrogens is 431 g/mol. The molecule has 0 aliphatic heterocycles. The summed E-state index contributed by atoms with van der Waals surface area (Å²) in [4.78, 5) is 23.7. The van der Waals surface area contributed by atoms with Gasteiger partial charge in [0, 0.05) is 35.3 Å². The van der Waals surface area contributed by atoms with Gasteiger partial charge in [0.15, 0.2) is 0 Å². The van der Waals surface area contributed by atoms with Crippen LogP contribution in [0.25, 0.3) is 12.2 Å². The van der Waals surface area contributed by atoms with Gasteiger partial charge in [-0.25, -0.2) is 0 Å². The van der Waals surface area contributed by atoms with Crippen LogP contribution in [0.15, 0.2) is 60.7 Å². The molecular formula is C25H28Cl2N2O2. The molecule has 0 radical (unpaired) electrons. The summed E-state index contributed by atoms with van der Waals surface area (Å²) in [6.45, 7) is 1.30. The van der Waals surface area contributed by atoms with E-state index in [4.69, 9.17) is 23.2 Å². The summed E-state index contributed by atoms with van der Waals surface area (Å²) < 4.78 is 0. The van der Waals surface area contributed by atoms with Crippen molar-refractivity contribution < 1.29 is 9.59 Å².